The van der Waals surface area contributed by atoms with Crippen molar-refractivity contribution in [3.05, 3.63) is 28.5 Å². The minimum absolute atomic E-state index is 0.00167. The van der Waals surface area contributed by atoms with Crippen LogP contribution < -0.4 is 5.69 Å². The minimum atomic E-state index is 0.00167. The Hall–Kier alpha value is -1.85. The van der Waals surface area contributed by atoms with Crippen LogP contribution >= 0.6 is 0 Å². The summed E-state index contributed by atoms with van der Waals surface area (Å²) in [5, 5.41) is 4.51. The van der Waals surface area contributed by atoms with Gasteiger partial charge in [-0.05, 0) is 38.0 Å². The van der Waals surface area contributed by atoms with E-state index in [-0.39, 0.29) is 17.5 Å². The van der Waals surface area contributed by atoms with E-state index in [1.807, 2.05) is 4.90 Å². The second-order valence-electron chi connectivity index (χ2n) is 7.03. The molecule has 0 aromatic carbocycles. The topological polar surface area (TPSA) is 60.1 Å². The third-order valence-corrected chi connectivity index (χ3v) is 5.26. The lowest BCUT2D eigenvalue weighted by molar-refractivity contribution is -0.135. The molecule has 2 aliphatic carbocycles. The van der Waals surface area contributed by atoms with E-state index in [4.69, 9.17) is 0 Å². The molecule has 0 saturated heterocycles. The predicted molar refractivity (Wildman–Crippen MR) is 86.0 cm³/mol. The quantitative estimate of drug-likeness (QED) is 0.787. The zero-order valence-electron chi connectivity index (χ0n) is 13.5. The SMILES string of the molecule is O=C(C1CC=CCC1)N1CCc2nn(CC3CC3)c(=O)n2CC1. The highest BCUT2D eigenvalue weighted by molar-refractivity contribution is 5.79. The molecule has 2 heterocycles. The van der Waals surface area contributed by atoms with Gasteiger partial charge >= 0.3 is 5.69 Å². The highest BCUT2D eigenvalue weighted by atomic mass is 16.2. The Morgan fingerprint density at radius 2 is 2.04 bits per heavy atom. The fraction of sp³-hybridized carbons (Fsp3) is 0.706. The van der Waals surface area contributed by atoms with Crippen molar-refractivity contribution in [1.82, 2.24) is 19.2 Å². The Balaban J connectivity index is 1.45. The molecule has 0 bridgehead atoms. The molecule has 1 aliphatic heterocycles. The summed E-state index contributed by atoms with van der Waals surface area (Å²) in [5.41, 5.74) is 0.00167. The molecule has 23 heavy (non-hydrogen) atoms. The van der Waals surface area contributed by atoms with Crippen LogP contribution in [0.3, 0.4) is 0 Å². The van der Waals surface area contributed by atoms with Crippen molar-refractivity contribution < 1.29 is 4.79 Å². The van der Waals surface area contributed by atoms with E-state index in [0.29, 0.717) is 32.0 Å². The van der Waals surface area contributed by atoms with E-state index in [9.17, 15) is 9.59 Å². The Morgan fingerprint density at radius 3 is 2.78 bits per heavy atom. The molecular weight excluding hydrogens is 292 g/mol. The molecule has 1 aromatic heterocycles. The molecule has 0 spiro atoms. The van der Waals surface area contributed by atoms with Crippen LogP contribution in [-0.2, 0) is 24.3 Å². The number of carbonyl (C=O) groups excluding carboxylic acids is 1. The van der Waals surface area contributed by atoms with Gasteiger partial charge in [-0.2, -0.15) is 5.10 Å². The van der Waals surface area contributed by atoms with Gasteiger partial charge in [0.05, 0.1) is 0 Å². The Bertz CT molecular complexity index is 683. The van der Waals surface area contributed by atoms with Crippen LogP contribution in [0, 0.1) is 11.8 Å². The molecular formula is C17H24N4O2. The summed E-state index contributed by atoms with van der Waals surface area (Å²) < 4.78 is 3.41. The molecule has 3 aliphatic rings. The van der Waals surface area contributed by atoms with Gasteiger partial charge in [0.15, 0.2) is 0 Å². The molecule has 1 atom stereocenters. The lowest BCUT2D eigenvalue weighted by atomic mass is 9.93. The number of carbonyl (C=O) groups is 1. The number of amides is 1. The zero-order valence-corrected chi connectivity index (χ0v) is 13.5. The second kappa shape index (κ2) is 5.98. The first-order valence-corrected chi connectivity index (χ1v) is 8.82. The van der Waals surface area contributed by atoms with E-state index in [2.05, 4.69) is 17.3 Å². The van der Waals surface area contributed by atoms with Gasteiger partial charge in [0.2, 0.25) is 5.91 Å². The summed E-state index contributed by atoms with van der Waals surface area (Å²) in [6.07, 6.45) is 10.2. The summed E-state index contributed by atoms with van der Waals surface area (Å²) in [4.78, 5) is 27.1. The van der Waals surface area contributed by atoms with Gasteiger partial charge in [0.25, 0.3) is 0 Å². The third-order valence-electron chi connectivity index (χ3n) is 5.26. The van der Waals surface area contributed by atoms with Crippen molar-refractivity contribution in [2.75, 3.05) is 13.1 Å². The molecule has 1 saturated carbocycles. The van der Waals surface area contributed by atoms with Crippen LogP contribution in [0.4, 0.5) is 0 Å². The number of hydrogen-bond acceptors (Lipinski definition) is 3. The van der Waals surface area contributed by atoms with Gasteiger partial charge in [-0.25, -0.2) is 9.48 Å². The van der Waals surface area contributed by atoms with Crippen LogP contribution in [0.5, 0.6) is 0 Å². The first kappa shape index (κ1) is 14.7. The van der Waals surface area contributed by atoms with Crippen LogP contribution in [0.25, 0.3) is 0 Å². The average Bonchev–Trinajstić information content (AvgIpc) is 3.37. The molecule has 1 unspecified atom stereocenters. The molecule has 6 heteroatoms. The Morgan fingerprint density at radius 1 is 1.17 bits per heavy atom. The van der Waals surface area contributed by atoms with E-state index in [1.54, 1.807) is 9.25 Å². The first-order valence-electron chi connectivity index (χ1n) is 8.82. The van der Waals surface area contributed by atoms with Crippen molar-refractivity contribution in [3.8, 4) is 0 Å². The largest absolute Gasteiger partial charge is 0.345 e. The highest BCUT2D eigenvalue weighted by Crippen LogP contribution is 2.30. The predicted octanol–water partition coefficient (Wildman–Crippen LogP) is 1.20. The molecule has 4 rings (SSSR count). The van der Waals surface area contributed by atoms with Gasteiger partial charge in [-0.1, -0.05) is 12.2 Å². The van der Waals surface area contributed by atoms with Gasteiger partial charge in [0.1, 0.15) is 5.82 Å². The smallest absolute Gasteiger partial charge is 0.340 e. The molecule has 6 nitrogen and oxygen atoms in total. The average molecular weight is 316 g/mol. The van der Waals surface area contributed by atoms with Crippen molar-refractivity contribution in [3.63, 3.8) is 0 Å². The van der Waals surface area contributed by atoms with Crippen LogP contribution in [-0.4, -0.2) is 38.2 Å². The maximum Gasteiger partial charge on any atom is 0.345 e. The van der Waals surface area contributed by atoms with Crippen molar-refractivity contribution in [1.29, 1.82) is 0 Å². The Kier molecular flexibility index (Phi) is 3.83. The molecule has 124 valence electrons. The van der Waals surface area contributed by atoms with E-state index in [1.165, 1.54) is 12.8 Å². The maximum atomic E-state index is 12.7. The van der Waals surface area contributed by atoms with E-state index < -0.39 is 0 Å². The second-order valence-corrected chi connectivity index (χ2v) is 7.03. The summed E-state index contributed by atoms with van der Waals surface area (Å²) in [7, 11) is 0. The van der Waals surface area contributed by atoms with Crippen molar-refractivity contribution >= 4 is 5.91 Å². The van der Waals surface area contributed by atoms with Gasteiger partial charge < -0.3 is 4.90 Å². The molecule has 1 amide bonds. The number of hydrogen-bond donors (Lipinski definition) is 0. The summed E-state index contributed by atoms with van der Waals surface area (Å²) in [6.45, 7) is 2.64. The van der Waals surface area contributed by atoms with Crippen LogP contribution in [0.15, 0.2) is 16.9 Å². The van der Waals surface area contributed by atoms with E-state index in [0.717, 1.165) is 31.6 Å². The number of fused-ring (bicyclic) bond motifs is 1. The zero-order chi connectivity index (χ0) is 15.8. The lowest BCUT2D eigenvalue weighted by Gasteiger charge is -2.26. The van der Waals surface area contributed by atoms with Crippen LogP contribution in [0.2, 0.25) is 0 Å². The fourth-order valence-corrected chi connectivity index (χ4v) is 3.62. The monoisotopic (exact) mass is 316 g/mol. The Labute approximate surface area is 135 Å². The van der Waals surface area contributed by atoms with Gasteiger partial charge in [-0.3, -0.25) is 9.36 Å². The molecule has 1 aromatic rings. The van der Waals surface area contributed by atoms with Gasteiger partial charge in [0, 0.05) is 38.5 Å². The third kappa shape index (κ3) is 2.99. The summed E-state index contributed by atoms with van der Waals surface area (Å²) >= 11 is 0. The summed E-state index contributed by atoms with van der Waals surface area (Å²) in [6, 6.07) is 0. The lowest BCUT2D eigenvalue weighted by Crippen LogP contribution is -2.39. The molecule has 0 N–H and O–H groups in total. The fourth-order valence-electron chi connectivity index (χ4n) is 3.62. The van der Waals surface area contributed by atoms with Crippen LogP contribution in [0.1, 0.15) is 37.9 Å². The maximum absolute atomic E-state index is 12.7. The first-order chi connectivity index (χ1) is 11.2. The van der Waals surface area contributed by atoms with E-state index >= 15 is 0 Å². The van der Waals surface area contributed by atoms with Crippen molar-refractivity contribution in [2.45, 2.75) is 51.6 Å². The number of nitrogens with zero attached hydrogens (tertiary/aromatic N) is 4. The standard InChI is InChI=1S/C17H24N4O2/c22-16(14-4-2-1-3-5-14)19-9-8-15-18-21(12-13-6-7-13)17(23)20(15)11-10-19/h1-2,13-14H,3-12H2. The van der Waals surface area contributed by atoms with Gasteiger partial charge in [-0.15, -0.1) is 0 Å². The molecule has 1 fully saturated rings. The van der Waals surface area contributed by atoms with Crippen molar-refractivity contribution in [2.24, 2.45) is 11.8 Å². The highest BCUT2D eigenvalue weighted by Gasteiger charge is 2.29. The number of allylic oxidation sites excluding steroid dienone is 2. The number of rotatable bonds is 3. The normalized spacial score (nSPS) is 24.3. The summed E-state index contributed by atoms with van der Waals surface area (Å²) in [5.74, 6) is 1.86. The molecule has 0 radical (unpaired) electrons. The number of aromatic nitrogens is 3. The minimum Gasteiger partial charge on any atom is -0.340 e.